The number of pyridine rings is 1. The summed E-state index contributed by atoms with van der Waals surface area (Å²) in [5.41, 5.74) is 0.310. The van der Waals surface area contributed by atoms with E-state index in [1.807, 2.05) is 6.07 Å². The number of nitrogens with one attached hydrogen (secondary N) is 2. The fourth-order valence-corrected chi connectivity index (χ4v) is 5.15. The van der Waals surface area contributed by atoms with Crippen molar-refractivity contribution in [2.75, 3.05) is 16.3 Å². The number of carbonyl (C=O) groups excluding carboxylic acids is 3. The first-order valence-corrected chi connectivity index (χ1v) is 12.9. The van der Waals surface area contributed by atoms with Crippen LogP contribution in [0.5, 0.6) is 0 Å². The molecule has 1 unspecified atom stereocenters. The molecule has 5 rings (SSSR count). The number of benzene rings is 2. The summed E-state index contributed by atoms with van der Waals surface area (Å²) in [7, 11) is 0. The number of nitriles is 1. The molecule has 2 fully saturated rings. The topological polar surface area (TPSA) is 118 Å². The van der Waals surface area contributed by atoms with Gasteiger partial charge in [-0.25, -0.2) is 22.9 Å². The molecule has 2 aromatic carbocycles. The average molecular weight is 583 g/mol. The van der Waals surface area contributed by atoms with Crippen LogP contribution < -0.4 is 20.4 Å². The number of hydrogen-bond donors (Lipinski definition) is 2. The van der Waals surface area contributed by atoms with Gasteiger partial charge in [-0.2, -0.15) is 5.26 Å². The predicted octanol–water partition coefficient (Wildman–Crippen LogP) is 4.33. The van der Waals surface area contributed by atoms with Gasteiger partial charge in [0.15, 0.2) is 0 Å². The lowest BCUT2D eigenvalue weighted by atomic mass is 9.87. The van der Waals surface area contributed by atoms with Crippen LogP contribution in [0, 0.1) is 17.1 Å². The minimum absolute atomic E-state index is 0.00652. The molecule has 41 heavy (non-hydrogen) atoms. The predicted molar refractivity (Wildman–Crippen MR) is 143 cm³/mol. The molecule has 2 N–H and O–H groups in total. The largest absolute Gasteiger partial charge is 0.351 e. The average Bonchev–Trinajstić information content (AvgIpc) is 3.32. The van der Waals surface area contributed by atoms with Crippen LogP contribution >= 0.6 is 11.6 Å². The van der Waals surface area contributed by atoms with Crippen LogP contribution in [0.3, 0.4) is 0 Å². The number of hydrogen-bond acceptors (Lipinski definition) is 5. The number of urea groups is 1. The minimum atomic E-state index is -2.92. The van der Waals surface area contributed by atoms with Crippen molar-refractivity contribution in [3.63, 3.8) is 0 Å². The van der Waals surface area contributed by atoms with E-state index < -0.39 is 60.6 Å². The van der Waals surface area contributed by atoms with Gasteiger partial charge in [0, 0.05) is 47.9 Å². The third kappa shape index (κ3) is 5.67. The zero-order valence-electron chi connectivity index (χ0n) is 21.2. The first-order valence-electron chi connectivity index (χ1n) is 12.5. The lowest BCUT2D eigenvalue weighted by molar-refractivity contribution is -0.132. The smallest absolute Gasteiger partial charge is 0.323 e. The van der Waals surface area contributed by atoms with Gasteiger partial charge in [-0.05, 0) is 36.4 Å². The molecule has 4 amide bonds. The van der Waals surface area contributed by atoms with Crippen molar-refractivity contribution in [3.05, 3.63) is 88.8 Å². The fraction of sp³-hybridized carbons (Fsp3) is 0.250. The van der Waals surface area contributed by atoms with Gasteiger partial charge in [0.25, 0.3) is 11.8 Å². The maximum absolute atomic E-state index is 14.5. The maximum atomic E-state index is 14.5. The molecule has 1 saturated carbocycles. The van der Waals surface area contributed by atoms with E-state index in [-0.39, 0.29) is 34.2 Å². The number of aromatic nitrogens is 1. The molecule has 3 aromatic rings. The number of carbonyl (C=O) groups is 3. The van der Waals surface area contributed by atoms with Crippen molar-refractivity contribution in [1.82, 2.24) is 15.6 Å². The van der Waals surface area contributed by atoms with Crippen molar-refractivity contribution in [1.29, 1.82) is 5.26 Å². The second kappa shape index (κ2) is 11.1. The Morgan fingerprint density at radius 2 is 1.93 bits per heavy atom. The Labute approximate surface area is 237 Å². The van der Waals surface area contributed by atoms with Crippen molar-refractivity contribution in [2.24, 2.45) is 0 Å². The quantitative estimate of drug-likeness (QED) is 0.430. The minimum Gasteiger partial charge on any atom is -0.351 e. The van der Waals surface area contributed by atoms with Gasteiger partial charge in [-0.15, -0.1) is 0 Å². The van der Waals surface area contributed by atoms with Crippen LogP contribution in [0.1, 0.15) is 30.0 Å². The van der Waals surface area contributed by atoms with Crippen molar-refractivity contribution in [2.45, 2.75) is 36.9 Å². The highest BCUT2D eigenvalue weighted by atomic mass is 35.5. The van der Waals surface area contributed by atoms with Crippen LogP contribution in [0.4, 0.5) is 29.5 Å². The van der Waals surface area contributed by atoms with Gasteiger partial charge >= 0.3 is 6.03 Å². The number of amides is 4. The summed E-state index contributed by atoms with van der Waals surface area (Å²) in [5, 5.41) is 14.5. The number of anilines is 2. The molecular formula is C28H22ClF3N6O3. The summed E-state index contributed by atoms with van der Waals surface area (Å²) in [4.78, 5) is 47.2. The number of nitrogens with zero attached hydrogens (tertiary/aromatic N) is 4. The Hall–Kier alpha value is -4.63. The zero-order chi connectivity index (χ0) is 29.3. The Balaban J connectivity index is 1.61. The lowest BCUT2D eigenvalue weighted by Gasteiger charge is -2.39. The molecule has 1 aliphatic heterocycles. The molecule has 0 radical (unpaired) electrons. The van der Waals surface area contributed by atoms with E-state index in [0.29, 0.717) is 0 Å². The summed E-state index contributed by atoms with van der Waals surface area (Å²) < 4.78 is 41.6. The molecule has 1 saturated heterocycles. The molecular weight excluding hydrogens is 561 g/mol. The van der Waals surface area contributed by atoms with Crippen molar-refractivity contribution in [3.8, 4) is 6.07 Å². The molecule has 1 aliphatic carbocycles. The third-order valence-corrected chi connectivity index (χ3v) is 7.19. The van der Waals surface area contributed by atoms with E-state index in [0.717, 1.165) is 21.9 Å². The van der Waals surface area contributed by atoms with Crippen LogP contribution in [0.2, 0.25) is 5.02 Å². The second-order valence-corrected chi connectivity index (χ2v) is 10.1. The molecule has 2 atom stereocenters. The SMILES string of the molecule is N#Cc1ccnc(N2C(=O)NC[C@H]2C(=O)N(c2cccc(F)c2)C(C(=O)NC2CC(F)(F)C2)c2ccccc2Cl)c1. The molecule has 2 aliphatic rings. The number of rotatable bonds is 7. The fourth-order valence-electron chi connectivity index (χ4n) is 4.91. The van der Waals surface area contributed by atoms with Crippen LogP contribution in [0.15, 0.2) is 66.9 Å². The first-order chi connectivity index (χ1) is 19.6. The summed E-state index contributed by atoms with van der Waals surface area (Å²) in [6, 6.07) is 11.5. The van der Waals surface area contributed by atoms with Gasteiger partial charge in [0.2, 0.25) is 5.91 Å². The van der Waals surface area contributed by atoms with E-state index in [2.05, 4.69) is 15.6 Å². The standard InChI is InChI=1S/C28H22ClF3N6O3/c29-21-7-2-1-6-20(21)24(25(39)36-18-12-28(31,32)13-18)37(19-5-3-4-17(30)11-19)26(40)22-15-35-27(41)38(22)23-10-16(14-33)8-9-34-23/h1-11,18,22,24H,12-13,15H2,(H,35,41)(H,36,39)/t22-,24?/m0/s1. The van der Waals surface area contributed by atoms with E-state index in [4.69, 9.17) is 11.6 Å². The van der Waals surface area contributed by atoms with Gasteiger partial charge in [0.1, 0.15) is 23.7 Å². The molecule has 2 heterocycles. The van der Waals surface area contributed by atoms with Crippen LogP contribution in [0.25, 0.3) is 0 Å². The second-order valence-electron chi connectivity index (χ2n) is 9.67. The van der Waals surface area contributed by atoms with E-state index in [1.165, 1.54) is 42.6 Å². The molecule has 13 heteroatoms. The Kier molecular flexibility index (Phi) is 7.55. The van der Waals surface area contributed by atoms with Gasteiger partial charge < -0.3 is 10.6 Å². The molecule has 210 valence electrons. The maximum Gasteiger partial charge on any atom is 0.323 e. The zero-order valence-corrected chi connectivity index (χ0v) is 22.0. The highest BCUT2D eigenvalue weighted by molar-refractivity contribution is 6.31. The van der Waals surface area contributed by atoms with Crippen LogP contribution in [-0.2, 0) is 9.59 Å². The molecule has 0 bridgehead atoms. The van der Waals surface area contributed by atoms with Crippen molar-refractivity contribution >= 4 is 41.0 Å². The van der Waals surface area contributed by atoms with Gasteiger partial charge in [-0.1, -0.05) is 35.9 Å². The summed E-state index contributed by atoms with van der Waals surface area (Å²) in [6.07, 6.45) is 0.162. The first kappa shape index (κ1) is 27.9. The molecule has 0 spiro atoms. The molecule has 9 nitrogen and oxygen atoms in total. The Morgan fingerprint density at radius 1 is 1.17 bits per heavy atom. The Morgan fingerprint density at radius 3 is 2.61 bits per heavy atom. The third-order valence-electron chi connectivity index (χ3n) is 6.85. The lowest BCUT2D eigenvalue weighted by Crippen LogP contribution is -2.56. The summed E-state index contributed by atoms with van der Waals surface area (Å²) in [5.74, 6) is -5.25. The molecule has 1 aromatic heterocycles. The highest BCUT2D eigenvalue weighted by Gasteiger charge is 2.48. The number of alkyl halides is 2. The monoisotopic (exact) mass is 582 g/mol. The Bertz CT molecular complexity index is 1560. The van der Waals surface area contributed by atoms with Crippen LogP contribution in [-0.4, -0.2) is 47.4 Å². The normalized spacial score (nSPS) is 18.6. The summed E-state index contributed by atoms with van der Waals surface area (Å²) >= 11 is 6.47. The van der Waals surface area contributed by atoms with Gasteiger partial charge in [-0.3, -0.25) is 19.4 Å². The highest BCUT2D eigenvalue weighted by Crippen LogP contribution is 2.39. The summed E-state index contributed by atoms with van der Waals surface area (Å²) in [6.45, 7) is -0.201. The van der Waals surface area contributed by atoms with Crippen molar-refractivity contribution < 1.29 is 27.6 Å². The number of halogens is 4. The van der Waals surface area contributed by atoms with E-state index in [9.17, 15) is 32.8 Å². The van der Waals surface area contributed by atoms with Gasteiger partial charge in [0.05, 0.1) is 11.6 Å². The van der Waals surface area contributed by atoms with E-state index in [1.54, 1.807) is 12.1 Å². The van der Waals surface area contributed by atoms with E-state index >= 15 is 0 Å².